The number of thiophene rings is 2. The number of nitriles is 1. The third-order valence-electron chi connectivity index (χ3n) is 4.40. The molecule has 3 heterocycles. The van der Waals surface area contributed by atoms with E-state index in [1.54, 1.807) is 17.0 Å². The van der Waals surface area contributed by atoms with E-state index >= 15 is 0 Å². The van der Waals surface area contributed by atoms with Crippen LogP contribution in [0.2, 0.25) is 0 Å². The van der Waals surface area contributed by atoms with Crippen molar-refractivity contribution in [2.75, 3.05) is 6.54 Å². The number of hydrogen-bond donors (Lipinski definition) is 1. The summed E-state index contributed by atoms with van der Waals surface area (Å²) in [6, 6.07) is 12.2. The molecule has 3 aromatic rings. The van der Waals surface area contributed by atoms with Crippen molar-refractivity contribution >= 4 is 48.7 Å². The molecule has 1 aliphatic rings. The minimum Gasteiger partial charge on any atom is -0.337 e. The fourth-order valence-electron chi connectivity index (χ4n) is 3.08. The highest BCUT2D eigenvalue weighted by molar-refractivity contribution is 7.91. The van der Waals surface area contributed by atoms with Crippen molar-refractivity contribution in [1.29, 1.82) is 5.26 Å². The van der Waals surface area contributed by atoms with E-state index in [1.165, 1.54) is 22.7 Å². The molecular weight excluding hydrogens is 402 g/mol. The Morgan fingerprint density at radius 2 is 2.11 bits per heavy atom. The molecule has 0 saturated carbocycles. The second-order valence-corrected chi connectivity index (χ2v) is 10.2. The summed E-state index contributed by atoms with van der Waals surface area (Å²) in [4.78, 5) is 14.8. The second kappa shape index (κ2) is 7.05. The quantitative estimate of drug-likeness (QED) is 0.691. The Hall–Kier alpha value is -2.25. The normalized spacial score (nSPS) is 17.5. The maximum absolute atomic E-state index is 12.7. The summed E-state index contributed by atoms with van der Waals surface area (Å²) >= 11 is 2.53. The molecule has 138 valence electrons. The first kappa shape index (κ1) is 18.1. The first-order valence-corrected chi connectivity index (χ1v) is 11.4. The molecule has 6 nitrogen and oxygen atoms in total. The van der Waals surface area contributed by atoms with Gasteiger partial charge in [0.25, 0.3) is 10.0 Å². The number of carbonyl (C=O) groups is 1. The average Bonchev–Trinajstić information content (AvgIpc) is 3.36. The lowest BCUT2D eigenvalue weighted by atomic mass is 10.3. The highest BCUT2D eigenvalue weighted by atomic mass is 32.2. The Labute approximate surface area is 164 Å². The predicted molar refractivity (Wildman–Crippen MR) is 105 cm³/mol. The van der Waals surface area contributed by atoms with Gasteiger partial charge in [0.2, 0.25) is 5.91 Å². The first-order chi connectivity index (χ1) is 13.0. The van der Waals surface area contributed by atoms with Crippen molar-refractivity contribution in [3.63, 3.8) is 0 Å². The molecule has 0 bridgehead atoms. The molecule has 1 aromatic carbocycles. The lowest BCUT2D eigenvalue weighted by Gasteiger charge is -2.16. The molecule has 1 saturated heterocycles. The zero-order valence-electron chi connectivity index (χ0n) is 14.1. The van der Waals surface area contributed by atoms with E-state index in [-0.39, 0.29) is 10.1 Å². The maximum atomic E-state index is 12.7. The molecule has 1 fully saturated rings. The van der Waals surface area contributed by atoms with Crippen LogP contribution in [0.4, 0.5) is 0 Å². The van der Waals surface area contributed by atoms with Gasteiger partial charge >= 0.3 is 0 Å². The van der Waals surface area contributed by atoms with Gasteiger partial charge in [0.05, 0.1) is 0 Å². The molecule has 0 unspecified atom stereocenters. The van der Waals surface area contributed by atoms with E-state index in [9.17, 15) is 13.2 Å². The van der Waals surface area contributed by atoms with Crippen LogP contribution in [0.15, 0.2) is 46.0 Å². The summed E-state index contributed by atoms with van der Waals surface area (Å²) in [5, 5.41) is 11.6. The molecule has 1 amide bonds. The lowest BCUT2D eigenvalue weighted by molar-refractivity contribution is -0.129. The average molecular weight is 418 g/mol. The zero-order chi connectivity index (χ0) is 19.0. The van der Waals surface area contributed by atoms with Crippen molar-refractivity contribution in [2.24, 2.45) is 0 Å². The SMILES string of the molecule is N#Cc1cc(CN2CC[C@H](NS(=O)(=O)c3cc4ccccc4s3)C2=O)cs1. The maximum Gasteiger partial charge on any atom is 0.250 e. The van der Waals surface area contributed by atoms with Gasteiger partial charge in [-0.25, -0.2) is 8.42 Å². The topological polar surface area (TPSA) is 90.3 Å². The smallest absolute Gasteiger partial charge is 0.250 e. The third-order valence-corrected chi connectivity index (χ3v) is 8.35. The third kappa shape index (κ3) is 3.61. The van der Waals surface area contributed by atoms with E-state index in [0.29, 0.717) is 24.4 Å². The van der Waals surface area contributed by atoms with Crippen molar-refractivity contribution in [3.05, 3.63) is 52.2 Å². The van der Waals surface area contributed by atoms with Crippen LogP contribution in [-0.2, 0) is 21.4 Å². The zero-order valence-corrected chi connectivity index (χ0v) is 16.5. The van der Waals surface area contributed by atoms with Crippen molar-refractivity contribution in [2.45, 2.75) is 23.2 Å². The number of nitrogens with one attached hydrogen (secondary N) is 1. The minimum atomic E-state index is -3.75. The van der Waals surface area contributed by atoms with Crippen molar-refractivity contribution in [3.8, 4) is 6.07 Å². The summed E-state index contributed by atoms with van der Waals surface area (Å²) < 4.78 is 29.1. The summed E-state index contributed by atoms with van der Waals surface area (Å²) in [5.41, 5.74) is 0.887. The summed E-state index contributed by atoms with van der Waals surface area (Å²) in [6.07, 6.45) is 0.429. The van der Waals surface area contributed by atoms with Crippen molar-refractivity contribution < 1.29 is 13.2 Å². The van der Waals surface area contributed by atoms with Crippen LogP contribution in [-0.4, -0.2) is 31.8 Å². The van der Waals surface area contributed by atoms with Gasteiger partial charge in [-0.05, 0) is 40.9 Å². The number of carbonyl (C=O) groups excluding carboxylic acids is 1. The highest BCUT2D eigenvalue weighted by Gasteiger charge is 2.35. The standard InChI is InChI=1S/C18H15N3O3S3/c19-9-14-7-12(11-25-14)10-21-6-5-15(18(21)22)20-27(23,24)17-8-13-3-1-2-4-16(13)26-17/h1-4,7-8,11,15,20H,5-6,10H2/t15-/m0/s1. The van der Waals surface area contributed by atoms with Gasteiger partial charge in [0.1, 0.15) is 21.2 Å². The van der Waals surface area contributed by atoms with Gasteiger partial charge < -0.3 is 4.90 Å². The first-order valence-electron chi connectivity index (χ1n) is 8.23. The molecule has 2 aromatic heterocycles. The second-order valence-electron chi connectivity index (χ2n) is 6.26. The van der Waals surface area contributed by atoms with Gasteiger partial charge in [-0.3, -0.25) is 4.79 Å². The number of amides is 1. The monoisotopic (exact) mass is 417 g/mol. The van der Waals surface area contributed by atoms with Crippen molar-refractivity contribution in [1.82, 2.24) is 9.62 Å². The lowest BCUT2D eigenvalue weighted by Crippen LogP contribution is -2.41. The van der Waals surface area contributed by atoms with Gasteiger partial charge in [-0.2, -0.15) is 9.98 Å². The molecule has 0 aliphatic carbocycles. The molecular formula is C18H15N3O3S3. The van der Waals surface area contributed by atoms with Crippen LogP contribution in [0.5, 0.6) is 0 Å². The highest BCUT2D eigenvalue weighted by Crippen LogP contribution is 2.29. The fraction of sp³-hybridized carbons (Fsp3) is 0.222. The van der Waals surface area contributed by atoms with Crippen LogP contribution in [0.3, 0.4) is 0 Å². The molecule has 9 heteroatoms. The number of nitrogens with zero attached hydrogens (tertiary/aromatic N) is 2. The number of hydrogen-bond acceptors (Lipinski definition) is 6. The van der Waals surface area contributed by atoms with Crippen LogP contribution in [0.1, 0.15) is 16.9 Å². The Morgan fingerprint density at radius 3 is 2.85 bits per heavy atom. The molecule has 27 heavy (non-hydrogen) atoms. The number of likely N-dealkylation sites (tertiary alicyclic amines) is 1. The Kier molecular flexibility index (Phi) is 4.74. The van der Waals surface area contributed by atoms with Gasteiger partial charge in [0, 0.05) is 17.8 Å². The molecule has 1 aliphatic heterocycles. The Bertz CT molecular complexity index is 1120. The van der Waals surface area contributed by atoms with Crippen LogP contribution < -0.4 is 4.72 Å². The van der Waals surface area contributed by atoms with E-state index < -0.39 is 16.1 Å². The van der Waals surface area contributed by atoms with Crippen LogP contribution in [0.25, 0.3) is 10.1 Å². The molecule has 4 rings (SSSR count). The van der Waals surface area contributed by atoms with E-state index in [4.69, 9.17) is 5.26 Å². The van der Waals surface area contributed by atoms with E-state index in [2.05, 4.69) is 10.8 Å². The minimum absolute atomic E-state index is 0.214. The largest absolute Gasteiger partial charge is 0.337 e. The van der Waals surface area contributed by atoms with Crippen LogP contribution >= 0.6 is 22.7 Å². The van der Waals surface area contributed by atoms with Crippen LogP contribution in [0, 0.1) is 11.3 Å². The molecule has 0 radical (unpaired) electrons. The number of fused-ring (bicyclic) bond motifs is 1. The Balaban J connectivity index is 1.47. The van der Waals surface area contributed by atoms with Gasteiger partial charge in [0.15, 0.2) is 0 Å². The number of benzene rings is 1. The number of sulfonamides is 1. The summed E-state index contributed by atoms with van der Waals surface area (Å²) in [5.74, 6) is -0.232. The fourth-order valence-corrected chi connectivity index (χ4v) is 6.41. The van der Waals surface area contributed by atoms with Gasteiger partial charge in [-0.1, -0.05) is 18.2 Å². The predicted octanol–water partition coefficient (Wildman–Crippen LogP) is 2.91. The molecule has 1 N–H and O–H groups in total. The van der Waals surface area contributed by atoms with E-state index in [1.807, 2.05) is 29.6 Å². The Morgan fingerprint density at radius 1 is 1.30 bits per heavy atom. The summed E-state index contributed by atoms with van der Waals surface area (Å²) in [6.45, 7) is 0.869. The molecule has 1 atom stereocenters. The summed E-state index contributed by atoms with van der Waals surface area (Å²) in [7, 11) is -3.75. The number of rotatable bonds is 5. The van der Waals surface area contributed by atoms with Gasteiger partial charge in [-0.15, -0.1) is 22.7 Å². The molecule has 0 spiro atoms. The van der Waals surface area contributed by atoms with E-state index in [0.717, 1.165) is 15.6 Å².